The molecule has 2 heterocycles. The summed E-state index contributed by atoms with van der Waals surface area (Å²) < 4.78 is 2.14. The predicted octanol–water partition coefficient (Wildman–Crippen LogP) is 3.48. The summed E-state index contributed by atoms with van der Waals surface area (Å²) >= 11 is 0. The zero-order valence-electron chi connectivity index (χ0n) is 14.0. The molecule has 0 saturated heterocycles. The molecular weight excluding hydrogens is 314 g/mol. The van der Waals surface area contributed by atoms with Gasteiger partial charge in [0.25, 0.3) is 0 Å². The summed E-state index contributed by atoms with van der Waals surface area (Å²) in [6, 6.07) is 13.6. The van der Waals surface area contributed by atoms with Crippen LogP contribution in [0.3, 0.4) is 0 Å². The van der Waals surface area contributed by atoms with Gasteiger partial charge in [-0.1, -0.05) is 42.8 Å². The van der Waals surface area contributed by atoms with Crippen molar-refractivity contribution in [3.8, 4) is 0 Å². The Labute approximate surface area is 146 Å². The normalized spacial score (nSPS) is 13.9. The van der Waals surface area contributed by atoms with E-state index in [4.69, 9.17) is 0 Å². The maximum absolute atomic E-state index is 12.3. The SMILES string of the molecule is O=C(NCc1nnc2n1CCCCC2)Nc1cccc2ccccc12. The molecular formula is C19H21N5O. The van der Waals surface area contributed by atoms with Gasteiger partial charge in [-0.3, -0.25) is 0 Å². The second kappa shape index (κ2) is 6.93. The molecule has 0 aliphatic carbocycles. The maximum Gasteiger partial charge on any atom is 0.319 e. The molecule has 1 aromatic heterocycles. The molecule has 2 N–H and O–H groups in total. The number of aryl methyl sites for hydroxylation is 1. The highest BCUT2D eigenvalue weighted by Crippen LogP contribution is 2.22. The van der Waals surface area contributed by atoms with E-state index in [1.165, 1.54) is 6.42 Å². The Morgan fingerprint density at radius 3 is 2.88 bits per heavy atom. The number of carbonyl (C=O) groups is 1. The van der Waals surface area contributed by atoms with Crippen LogP contribution in [0.5, 0.6) is 0 Å². The smallest absolute Gasteiger partial charge is 0.319 e. The van der Waals surface area contributed by atoms with Gasteiger partial charge in [-0.25, -0.2) is 4.79 Å². The Hall–Kier alpha value is -2.89. The fourth-order valence-corrected chi connectivity index (χ4v) is 3.34. The lowest BCUT2D eigenvalue weighted by molar-refractivity contribution is 0.251. The first kappa shape index (κ1) is 15.6. The van der Waals surface area contributed by atoms with Crippen LogP contribution in [-0.4, -0.2) is 20.8 Å². The zero-order valence-corrected chi connectivity index (χ0v) is 14.0. The van der Waals surface area contributed by atoms with Crippen molar-refractivity contribution in [2.24, 2.45) is 0 Å². The third kappa shape index (κ3) is 3.33. The number of amides is 2. The van der Waals surface area contributed by atoms with Crippen LogP contribution in [0.15, 0.2) is 42.5 Å². The van der Waals surface area contributed by atoms with Gasteiger partial charge in [-0.05, 0) is 24.3 Å². The number of aromatic nitrogens is 3. The van der Waals surface area contributed by atoms with Crippen LogP contribution < -0.4 is 10.6 Å². The van der Waals surface area contributed by atoms with Crippen molar-refractivity contribution in [1.82, 2.24) is 20.1 Å². The second-order valence-electron chi connectivity index (χ2n) is 6.33. The van der Waals surface area contributed by atoms with E-state index in [9.17, 15) is 4.79 Å². The van der Waals surface area contributed by atoms with Crippen molar-refractivity contribution in [3.05, 3.63) is 54.1 Å². The van der Waals surface area contributed by atoms with E-state index in [1.54, 1.807) is 0 Å². The van der Waals surface area contributed by atoms with Crippen molar-refractivity contribution in [3.63, 3.8) is 0 Å². The fourth-order valence-electron chi connectivity index (χ4n) is 3.34. The van der Waals surface area contributed by atoms with Crippen LogP contribution in [0.4, 0.5) is 10.5 Å². The van der Waals surface area contributed by atoms with Gasteiger partial charge in [0.05, 0.1) is 12.2 Å². The molecule has 4 rings (SSSR count). The van der Waals surface area contributed by atoms with Gasteiger partial charge in [-0.2, -0.15) is 0 Å². The summed E-state index contributed by atoms with van der Waals surface area (Å²) in [4.78, 5) is 12.3. The van der Waals surface area contributed by atoms with Crippen LogP contribution in [0, 0.1) is 0 Å². The van der Waals surface area contributed by atoms with Gasteiger partial charge in [0.15, 0.2) is 5.82 Å². The Morgan fingerprint density at radius 1 is 1.04 bits per heavy atom. The summed E-state index contributed by atoms with van der Waals surface area (Å²) in [7, 11) is 0. The molecule has 0 unspecified atom stereocenters. The molecule has 6 heteroatoms. The minimum Gasteiger partial charge on any atom is -0.331 e. The van der Waals surface area contributed by atoms with Gasteiger partial charge in [0.2, 0.25) is 0 Å². The fraction of sp³-hybridized carbons (Fsp3) is 0.316. The van der Waals surface area contributed by atoms with Gasteiger partial charge >= 0.3 is 6.03 Å². The predicted molar refractivity (Wildman–Crippen MR) is 97.4 cm³/mol. The summed E-state index contributed by atoms with van der Waals surface area (Å²) in [6.07, 6.45) is 4.49. The molecule has 2 aromatic carbocycles. The number of fused-ring (bicyclic) bond motifs is 2. The van der Waals surface area contributed by atoms with E-state index in [0.717, 1.165) is 53.9 Å². The first-order valence-electron chi connectivity index (χ1n) is 8.75. The Balaban J connectivity index is 1.44. The molecule has 25 heavy (non-hydrogen) atoms. The van der Waals surface area contributed by atoms with Gasteiger partial charge in [0.1, 0.15) is 5.82 Å². The number of nitrogens with zero attached hydrogens (tertiary/aromatic N) is 3. The largest absolute Gasteiger partial charge is 0.331 e. The average molecular weight is 335 g/mol. The quantitative estimate of drug-likeness (QED) is 0.770. The van der Waals surface area contributed by atoms with E-state index in [2.05, 4.69) is 25.4 Å². The van der Waals surface area contributed by atoms with E-state index < -0.39 is 0 Å². The summed E-state index contributed by atoms with van der Waals surface area (Å²) in [5, 5.41) is 16.5. The molecule has 2 amide bonds. The first-order chi connectivity index (χ1) is 12.3. The van der Waals surface area contributed by atoms with Crippen LogP contribution in [0.2, 0.25) is 0 Å². The number of hydrogen-bond donors (Lipinski definition) is 2. The lowest BCUT2D eigenvalue weighted by Gasteiger charge is -2.11. The van der Waals surface area contributed by atoms with Crippen molar-refractivity contribution in [1.29, 1.82) is 0 Å². The molecule has 3 aromatic rings. The van der Waals surface area contributed by atoms with E-state index in [1.807, 2.05) is 42.5 Å². The molecule has 0 bridgehead atoms. The van der Waals surface area contributed by atoms with Crippen LogP contribution in [-0.2, 0) is 19.5 Å². The van der Waals surface area contributed by atoms with Gasteiger partial charge in [0, 0.05) is 18.4 Å². The average Bonchev–Trinajstić information content (AvgIpc) is 2.86. The summed E-state index contributed by atoms with van der Waals surface area (Å²) in [6.45, 7) is 1.31. The minimum atomic E-state index is -0.234. The van der Waals surface area contributed by atoms with E-state index >= 15 is 0 Å². The van der Waals surface area contributed by atoms with Gasteiger partial charge in [-0.15, -0.1) is 10.2 Å². The number of urea groups is 1. The van der Waals surface area contributed by atoms with E-state index in [0.29, 0.717) is 6.54 Å². The van der Waals surface area contributed by atoms with E-state index in [-0.39, 0.29) is 6.03 Å². The molecule has 0 saturated carbocycles. The lowest BCUT2D eigenvalue weighted by Crippen LogP contribution is -2.29. The standard InChI is InChI=1S/C19H21N5O/c25-19(21-16-10-6-8-14-7-3-4-9-15(14)16)20-13-18-23-22-17-11-2-1-5-12-24(17)18/h3-4,6-10H,1-2,5,11-13H2,(H2,20,21,25). The Kier molecular flexibility index (Phi) is 4.33. The number of benzene rings is 2. The van der Waals surface area contributed by atoms with Crippen molar-refractivity contribution >= 4 is 22.5 Å². The monoisotopic (exact) mass is 335 g/mol. The number of nitrogens with one attached hydrogen (secondary N) is 2. The number of anilines is 1. The third-order valence-electron chi connectivity index (χ3n) is 4.63. The highest BCUT2D eigenvalue weighted by atomic mass is 16.2. The van der Waals surface area contributed by atoms with Crippen molar-refractivity contribution in [2.45, 2.75) is 38.8 Å². The maximum atomic E-state index is 12.3. The molecule has 0 radical (unpaired) electrons. The molecule has 128 valence electrons. The molecule has 1 aliphatic heterocycles. The minimum absolute atomic E-state index is 0.234. The number of rotatable bonds is 3. The Bertz CT molecular complexity index is 896. The van der Waals surface area contributed by atoms with Crippen molar-refractivity contribution < 1.29 is 4.79 Å². The van der Waals surface area contributed by atoms with Crippen LogP contribution >= 0.6 is 0 Å². The van der Waals surface area contributed by atoms with Crippen LogP contribution in [0.1, 0.15) is 30.9 Å². The highest BCUT2D eigenvalue weighted by Gasteiger charge is 2.15. The molecule has 1 aliphatic rings. The summed E-state index contributed by atoms with van der Waals surface area (Å²) in [5.41, 5.74) is 0.802. The molecule has 0 fully saturated rings. The van der Waals surface area contributed by atoms with Gasteiger partial charge < -0.3 is 15.2 Å². The van der Waals surface area contributed by atoms with Crippen molar-refractivity contribution in [2.75, 3.05) is 5.32 Å². The number of hydrogen-bond acceptors (Lipinski definition) is 3. The first-order valence-corrected chi connectivity index (χ1v) is 8.75. The number of carbonyl (C=O) groups excluding carboxylic acids is 1. The molecule has 0 spiro atoms. The lowest BCUT2D eigenvalue weighted by atomic mass is 10.1. The second-order valence-corrected chi connectivity index (χ2v) is 6.33. The third-order valence-corrected chi connectivity index (χ3v) is 4.63. The Morgan fingerprint density at radius 2 is 1.92 bits per heavy atom. The zero-order chi connectivity index (χ0) is 17.1. The molecule has 0 atom stereocenters. The topological polar surface area (TPSA) is 71.8 Å². The summed E-state index contributed by atoms with van der Waals surface area (Å²) in [5.74, 6) is 1.86. The highest BCUT2D eigenvalue weighted by molar-refractivity contribution is 6.01. The van der Waals surface area contributed by atoms with Crippen LogP contribution in [0.25, 0.3) is 10.8 Å². The molecule has 6 nitrogen and oxygen atoms in total.